The standard InChI is InChI=1S/C17H20N2O4/c1-10-7-16(20)23-15-6-11(2)13(8-12(10)15)18-17(21)14-9-22-5-4-19(14)3/h6-8,14H,4-5,9H2,1-3H3,(H,18,21)/t14-/m1/s1. The lowest BCUT2D eigenvalue weighted by Crippen LogP contribution is -2.49. The summed E-state index contributed by atoms with van der Waals surface area (Å²) in [4.78, 5) is 25.9. The molecule has 0 spiro atoms. The van der Waals surface area contributed by atoms with Crippen molar-refractivity contribution in [2.45, 2.75) is 19.9 Å². The molecule has 3 rings (SSSR count). The molecule has 1 amide bonds. The number of morpholine rings is 1. The second-order valence-corrected chi connectivity index (χ2v) is 5.97. The molecule has 1 saturated heterocycles. The van der Waals surface area contributed by atoms with E-state index in [9.17, 15) is 9.59 Å². The Hall–Kier alpha value is -2.18. The van der Waals surface area contributed by atoms with Crippen molar-refractivity contribution in [2.24, 2.45) is 0 Å². The zero-order valence-corrected chi connectivity index (χ0v) is 13.5. The second kappa shape index (κ2) is 6.14. The van der Waals surface area contributed by atoms with Gasteiger partial charge in [-0.25, -0.2) is 4.79 Å². The molecule has 1 fully saturated rings. The molecule has 1 aliphatic heterocycles. The molecule has 6 heteroatoms. The van der Waals surface area contributed by atoms with E-state index in [1.807, 2.05) is 31.9 Å². The first-order chi connectivity index (χ1) is 11.0. The van der Waals surface area contributed by atoms with Crippen molar-refractivity contribution >= 4 is 22.6 Å². The summed E-state index contributed by atoms with van der Waals surface area (Å²) in [6, 6.07) is 4.78. The highest BCUT2D eigenvalue weighted by molar-refractivity contribution is 5.98. The van der Waals surface area contributed by atoms with E-state index in [4.69, 9.17) is 9.15 Å². The fourth-order valence-corrected chi connectivity index (χ4v) is 2.78. The number of benzene rings is 1. The first-order valence-corrected chi connectivity index (χ1v) is 7.59. The largest absolute Gasteiger partial charge is 0.423 e. The van der Waals surface area contributed by atoms with Crippen LogP contribution in [0.15, 0.2) is 27.4 Å². The maximum atomic E-state index is 12.5. The van der Waals surface area contributed by atoms with Crippen molar-refractivity contribution in [1.29, 1.82) is 0 Å². The normalized spacial score (nSPS) is 19.0. The predicted molar refractivity (Wildman–Crippen MR) is 87.8 cm³/mol. The Kier molecular flexibility index (Phi) is 4.19. The van der Waals surface area contributed by atoms with Gasteiger partial charge in [0.25, 0.3) is 0 Å². The quantitative estimate of drug-likeness (QED) is 0.854. The molecular weight excluding hydrogens is 296 g/mol. The number of carbonyl (C=O) groups is 1. The highest BCUT2D eigenvalue weighted by Crippen LogP contribution is 2.25. The number of nitrogens with one attached hydrogen (secondary N) is 1. The number of anilines is 1. The Balaban J connectivity index is 1.92. The smallest absolute Gasteiger partial charge is 0.336 e. The van der Waals surface area contributed by atoms with Crippen LogP contribution >= 0.6 is 0 Å². The molecule has 23 heavy (non-hydrogen) atoms. The lowest BCUT2D eigenvalue weighted by molar-refractivity contribution is -0.126. The van der Waals surface area contributed by atoms with E-state index in [1.165, 1.54) is 6.07 Å². The summed E-state index contributed by atoms with van der Waals surface area (Å²) >= 11 is 0. The molecule has 1 aromatic heterocycles. The molecule has 0 bridgehead atoms. The highest BCUT2D eigenvalue weighted by Gasteiger charge is 2.27. The number of hydrogen-bond acceptors (Lipinski definition) is 5. The van der Waals surface area contributed by atoms with E-state index < -0.39 is 0 Å². The van der Waals surface area contributed by atoms with Gasteiger partial charge in [-0.05, 0) is 44.2 Å². The Morgan fingerprint density at radius 3 is 2.78 bits per heavy atom. The van der Waals surface area contributed by atoms with Gasteiger partial charge in [-0.15, -0.1) is 0 Å². The van der Waals surface area contributed by atoms with Gasteiger partial charge in [-0.3, -0.25) is 9.69 Å². The highest BCUT2D eigenvalue weighted by atomic mass is 16.5. The summed E-state index contributed by atoms with van der Waals surface area (Å²) in [6.45, 7) is 5.50. The van der Waals surface area contributed by atoms with Gasteiger partial charge in [0.1, 0.15) is 11.6 Å². The van der Waals surface area contributed by atoms with Crippen LogP contribution < -0.4 is 10.9 Å². The van der Waals surface area contributed by atoms with Gasteiger partial charge < -0.3 is 14.5 Å². The number of aryl methyl sites for hydroxylation is 2. The Morgan fingerprint density at radius 1 is 1.26 bits per heavy atom. The summed E-state index contributed by atoms with van der Waals surface area (Å²) < 4.78 is 10.6. The van der Waals surface area contributed by atoms with Gasteiger partial charge in [-0.2, -0.15) is 0 Å². The minimum Gasteiger partial charge on any atom is -0.423 e. The van der Waals surface area contributed by atoms with E-state index in [-0.39, 0.29) is 17.6 Å². The first-order valence-electron chi connectivity index (χ1n) is 7.59. The molecule has 1 aromatic carbocycles. The lowest BCUT2D eigenvalue weighted by atomic mass is 10.1. The van der Waals surface area contributed by atoms with Gasteiger partial charge >= 0.3 is 5.63 Å². The van der Waals surface area contributed by atoms with Crippen molar-refractivity contribution in [3.05, 3.63) is 39.7 Å². The van der Waals surface area contributed by atoms with E-state index in [0.29, 0.717) is 18.8 Å². The van der Waals surface area contributed by atoms with Crippen LogP contribution in [0.25, 0.3) is 11.0 Å². The van der Waals surface area contributed by atoms with Gasteiger partial charge in [0, 0.05) is 23.7 Å². The summed E-state index contributed by atoms with van der Waals surface area (Å²) in [5, 5.41) is 3.78. The average Bonchev–Trinajstić information content (AvgIpc) is 2.49. The van der Waals surface area contributed by atoms with Crippen LogP contribution in [-0.2, 0) is 9.53 Å². The first kappa shape index (κ1) is 15.7. The molecule has 0 unspecified atom stereocenters. The Bertz CT molecular complexity index is 812. The van der Waals surface area contributed by atoms with Crippen LogP contribution in [-0.4, -0.2) is 43.7 Å². The number of nitrogens with zero attached hydrogens (tertiary/aromatic N) is 1. The zero-order valence-electron chi connectivity index (χ0n) is 13.5. The van der Waals surface area contributed by atoms with Gasteiger partial charge in [-0.1, -0.05) is 0 Å². The van der Waals surface area contributed by atoms with Crippen molar-refractivity contribution in [3.63, 3.8) is 0 Å². The minimum absolute atomic E-state index is 0.0929. The minimum atomic E-state index is -0.368. The van der Waals surface area contributed by atoms with Crippen molar-refractivity contribution < 1.29 is 13.9 Å². The van der Waals surface area contributed by atoms with Gasteiger partial charge in [0.2, 0.25) is 5.91 Å². The molecule has 2 aromatic rings. The Morgan fingerprint density at radius 2 is 2.04 bits per heavy atom. The summed E-state index contributed by atoms with van der Waals surface area (Å²) in [5.74, 6) is -0.0929. The molecule has 0 radical (unpaired) electrons. The van der Waals surface area contributed by atoms with Crippen LogP contribution in [0.3, 0.4) is 0 Å². The average molecular weight is 316 g/mol. The molecule has 0 saturated carbocycles. The molecule has 1 atom stereocenters. The molecule has 6 nitrogen and oxygen atoms in total. The number of ether oxygens (including phenoxy) is 1. The maximum Gasteiger partial charge on any atom is 0.336 e. The second-order valence-electron chi connectivity index (χ2n) is 5.97. The SMILES string of the molecule is Cc1cc2oc(=O)cc(C)c2cc1NC(=O)[C@H]1COCCN1C. The summed E-state index contributed by atoms with van der Waals surface area (Å²) in [5.41, 5.74) is 2.55. The van der Waals surface area contributed by atoms with E-state index >= 15 is 0 Å². The molecule has 0 aliphatic carbocycles. The van der Waals surface area contributed by atoms with Crippen LogP contribution in [0.1, 0.15) is 11.1 Å². The maximum absolute atomic E-state index is 12.5. The predicted octanol–water partition coefficient (Wildman–Crippen LogP) is 1.68. The summed E-state index contributed by atoms with van der Waals surface area (Å²) in [6.07, 6.45) is 0. The number of hydrogen-bond donors (Lipinski definition) is 1. The van der Waals surface area contributed by atoms with E-state index in [1.54, 1.807) is 6.07 Å². The third-order valence-corrected chi connectivity index (χ3v) is 4.25. The number of rotatable bonds is 2. The molecule has 2 heterocycles. The Labute approximate surface area is 134 Å². The van der Waals surface area contributed by atoms with Crippen LogP contribution in [0.4, 0.5) is 5.69 Å². The summed E-state index contributed by atoms with van der Waals surface area (Å²) in [7, 11) is 1.92. The number of amides is 1. The monoisotopic (exact) mass is 316 g/mol. The fraction of sp³-hybridized carbons (Fsp3) is 0.412. The van der Waals surface area contributed by atoms with Crippen molar-refractivity contribution in [3.8, 4) is 0 Å². The number of carbonyl (C=O) groups excluding carboxylic acids is 1. The van der Waals surface area contributed by atoms with Crippen LogP contribution in [0, 0.1) is 13.8 Å². The zero-order chi connectivity index (χ0) is 16.6. The lowest BCUT2D eigenvalue weighted by Gasteiger charge is -2.31. The number of fused-ring (bicyclic) bond motifs is 1. The molecule has 1 aliphatic rings. The third-order valence-electron chi connectivity index (χ3n) is 4.25. The topological polar surface area (TPSA) is 71.8 Å². The molecular formula is C17H20N2O4. The van der Waals surface area contributed by atoms with Gasteiger partial charge in [0.05, 0.1) is 13.2 Å². The fourth-order valence-electron chi connectivity index (χ4n) is 2.78. The van der Waals surface area contributed by atoms with E-state index in [2.05, 4.69) is 5.32 Å². The van der Waals surface area contributed by atoms with Crippen LogP contribution in [0.2, 0.25) is 0 Å². The van der Waals surface area contributed by atoms with E-state index in [0.717, 1.165) is 28.7 Å². The van der Waals surface area contributed by atoms with Crippen LogP contribution in [0.5, 0.6) is 0 Å². The van der Waals surface area contributed by atoms with Gasteiger partial charge in [0.15, 0.2) is 0 Å². The molecule has 122 valence electrons. The third kappa shape index (κ3) is 3.13. The van der Waals surface area contributed by atoms with Crippen molar-refractivity contribution in [2.75, 3.05) is 32.1 Å². The number of likely N-dealkylation sites (N-methyl/N-ethyl adjacent to an activating group) is 1. The van der Waals surface area contributed by atoms with Crippen molar-refractivity contribution in [1.82, 2.24) is 4.90 Å². The molecule has 1 N–H and O–H groups in total.